The zero-order chi connectivity index (χ0) is 13.3. The number of nitrogens with one attached hydrogen (secondary N) is 1. The van der Waals surface area contributed by atoms with Crippen LogP contribution in [-0.4, -0.2) is 36.1 Å². The maximum Gasteiger partial charge on any atom is 0.0281 e. The van der Waals surface area contributed by atoms with Gasteiger partial charge in [0.25, 0.3) is 0 Å². The molecule has 1 N–H and O–H groups in total. The minimum absolute atomic E-state index is 0.197. The average Bonchev–Trinajstić information content (AvgIpc) is 2.19. The lowest BCUT2D eigenvalue weighted by molar-refractivity contribution is 0.0438. The minimum Gasteiger partial charge on any atom is -0.310 e. The van der Waals surface area contributed by atoms with Gasteiger partial charge >= 0.3 is 0 Å². The summed E-state index contributed by atoms with van der Waals surface area (Å²) in [6.45, 7) is 16.6. The second-order valence-electron chi connectivity index (χ2n) is 6.95. The smallest absolute Gasteiger partial charge is 0.0281 e. The largest absolute Gasteiger partial charge is 0.310 e. The van der Waals surface area contributed by atoms with Crippen LogP contribution in [0.3, 0.4) is 0 Å². The molecule has 0 aromatic rings. The van der Waals surface area contributed by atoms with Gasteiger partial charge in [0.1, 0.15) is 0 Å². The highest BCUT2D eigenvalue weighted by Crippen LogP contribution is 2.28. The van der Waals surface area contributed by atoms with Crippen LogP contribution in [-0.2, 0) is 0 Å². The molecule has 1 unspecified atom stereocenters. The zero-order valence-corrected chi connectivity index (χ0v) is 12.9. The minimum atomic E-state index is 0.197. The number of piperazine rings is 1. The zero-order valence-electron chi connectivity index (χ0n) is 12.1. The predicted octanol–water partition coefficient (Wildman–Crippen LogP) is 3.23. The molecule has 0 spiro atoms. The van der Waals surface area contributed by atoms with Gasteiger partial charge in [0, 0.05) is 36.8 Å². The predicted molar refractivity (Wildman–Crippen MR) is 76.5 cm³/mol. The fourth-order valence-corrected chi connectivity index (χ4v) is 2.28. The van der Waals surface area contributed by atoms with Crippen molar-refractivity contribution in [3.8, 4) is 0 Å². The van der Waals surface area contributed by atoms with Gasteiger partial charge < -0.3 is 5.32 Å². The molecule has 0 aliphatic carbocycles. The van der Waals surface area contributed by atoms with Gasteiger partial charge in [0.2, 0.25) is 0 Å². The summed E-state index contributed by atoms with van der Waals surface area (Å²) in [5.74, 6) is 0. The topological polar surface area (TPSA) is 15.3 Å². The summed E-state index contributed by atoms with van der Waals surface area (Å²) < 4.78 is 0. The van der Waals surface area contributed by atoms with Gasteiger partial charge in [0.15, 0.2) is 0 Å². The molecular formula is C14H27ClN2. The van der Waals surface area contributed by atoms with E-state index in [1.54, 1.807) is 5.54 Å². The lowest BCUT2D eigenvalue weighted by Crippen LogP contribution is -2.64. The van der Waals surface area contributed by atoms with Crippen molar-refractivity contribution in [2.75, 3.05) is 19.6 Å². The molecule has 1 aliphatic heterocycles. The Labute approximate surface area is 111 Å². The van der Waals surface area contributed by atoms with Crippen LogP contribution in [0.5, 0.6) is 0 Å². The lowest BCUT2D eigenvalue weighted by atomic mass is 9.82. The Hall–Kier alpha value is -0.0500. The maximum atomic E-state index is 5.79. The van der Waals surface area contributed by atoms with E-state index in [1.165, 1.54) is 5.57 Å². The van der Waals surface area contributed by atoms with Crippen molar-refractivity contribution in [2.24, 2.45) is 5.41 Å². The highest BCUT2D eigenvalue weighted by molar-refractivity contribution is 6.25. The van der Waals surface area contributed by atoms with Crippen molar-refractivity contribution in [2.45, 2.75) is 53.1 Å². The van der Waals surface area contributed by atoms with Gasteiger partial charge in [-0.15, -0.1) is 0 Å². The van der Waals surface area contributed by atoms with Crippen molar-refractivity contribution < 1.29 is 0 Å². The Morgan fingerprint density at radius 2 is 2.06 bits per heavy atom. The Kier molecular flexibility index (Phi) is 4.67. The Morgan fingerprint density at radius 1 is 1.47 bits per heavy atom. The van der Waals surface area contributed by atoms with Crippen LogP contribution in [0.2, 0.25) is 0 Å². The van der Waals surface area contributed by atoms with E-state index < -0.39 is 0 Å². The summed E-state index contributed by atoms with van der Waals surface area (Å²) in [5, 5.41) is 3.68. The van der Waals surface area contributed by atoms with E-state index in [9.17, 15) is 0 Å². The van der Waals surface area contributed by atoms with E-state index in [0.29, 0.717) is 11.5 Å². The molecule has 0 amide bonds. The molecule has 100 valence electrons. The summed E-state index contributed by atoms with van der Waals surface area (Å²) >= 11 is 5.79. The van der Waals surface area contributed by atoms with Gasteiger partial charge in [-0.2, -0.15) is 0 Å². The molecule has 0 bridgehead atoms. The first kappa shape index (κ1) is 15.0. The van der Waals surface area contributed by atoms with Crippen LogP contribution >= 0.6 is 11.6 Å². The molecule has 0 aromatic carbocycles. The van der Waals surface area contributed by atoms with Crippen molar-refractivity contribution >= 4 is 11.6 Å². The number of hydrogen-bond acceptors (Lipinski definition) is 2. The van der Waals surface area contributed by atoms with Crippen LogP contribution in [0, 0.1) is 5.41 Å². The third kappa shape index (κ3) is 3.97. The SMILES string of the molecule is CC(=CCl)CN1CC(C(C)(C)C)NCC1(C)C. The van der Waals surface area contributed by atoms with Crippen LogP contribution in [0.15, 0.2) is 11.1 Å². The fraction of sp³-hybridized carbons (Fsp3) is 0.857. The first-order valence-corrected chi connectivity index (χ1v) is 6.85. The summed E-state index contributed by atoms with van der Waals surface area (Å²) in [5.41, 5.74) is 3.43. The van der Waals surface area contributed by atoms with E-state index in [2.05, 4.69) is 51.8 Å². The van der Waals surface area contributed by atoms with Gasteiger partial charge in [-0.25, -0.2) is 0 Å². The van der Waals surface area contributed by atoms with E-state index >= 15 is 0 Å². The summed E-state index contributed by atoms with van der Waals surface area (Å²) in [6, 6.07) is 0.540. The van der Waals surface area contributed by atoms with Crippen LogP contribution < -0.4 is 5.32 Å². The van der Waals surface area contributed by atoms with Gasteiger partial charge in [-0.3, -0.25) is 4.90 Å². The van der Waals surface area contributed by atoms with Crippen LogP contribution in [0.1, 0.15) is 41.5 Å². The van der Waals surface area contributed by atoms with Crippen molar-refractivity contribution in [3.05, 3.63) is 11.1 Å². The standard InChI is InChI=1S/C14H27ClN2/c1-11(7-15)8-17-9-12(13(2,3)4)16-10-14(17,5)6/h7,12,16H,8-10H2,1-6H3. The fourth-order valence-electron chi connectivity index (χ4n) is 2.21. The molecule has 17 heavy (non-hydrogen) atoms. The van der Waals surface area contributed by atoms with E-state index in [1.807, 2.05) is 0 Å². The molecule has 1 saturated heterocycles. The van der Waals surface area contributed by atoms with Crippen LogP contribution in [0.25, 0.3) is 0 Å². The monoisotopic (exact) mass is 258 g/mol. The Balaban J connectivity index is 2.76. The van der Waals surface area contributed by atoms with Crippen molar-refractivity contribution in [1.29, 1.82) is 0 Å². The molecular weight excluding hydrogens is 232 g/mol. The van der Waals surface area contributed by atoms with Gasteiger partial charge in [0.05, 0.1) is 0 Å². The molecule has 0 saturated carbocycles. The molecule has 3 heteroatoms. The molecule has 1 fully saturated rings. The first-order chi connectivity index (χ1) is 7.66. The summed E-state index contributed by atoms with van der Waals surface area (Å²) in [6.07, 6.45) is 0. The number of rotatable bonds is 2. The van der Waals surface area contributed by atoms with Crippen LogP contribution in [0.4, 0.5) is 0 Å². The normalized spacial score (nSPS) is 27.2. The number of halogens is 1. The van der Waals surface area contributed by atoms with E-state index in [-0.39, 0.29) is 5.54 Å². The molecule has 0 aromatic heterocycles. The Bertz CT molecular complexity index is 289. The third-order valence-electron chi connectivity index (χ3n) is 3.71. The molecule has 1 atom stereocenters. The molecule has 1 aliphatic rings. The second kappa shape index (κ2) is 5.29. The molecule has 1 heterocycles. The van der Waals surface area contributed by atoms with Crippen molar-refractivity contribution in [1.82, 2.24) is 10.2 Å². The van der Waals surface area contributed by atoms with E-state index in [0.717, 1.165) is 19.6 Å². The quantitative estimate of drug-likeness (QED) is 0.818. The Morgan fingerprint density at radius 3 is 2.53 bits per heavy atom. The second-order valence-corrected chi connectivity index (χ2v) is 7.17. The highest BCUT2D eigenvalue weighted by Gasteiger charge is 2.37. The van der Waals surface area contributed by atoms with Crippen molar-refractivity contribution in [3.63, 3.8) is 0 Å². The summed E-state index contributed by atoms with van der Waals surface area (Å²) in [7, 11) is 0. The molecule has 0 radical (unpaired) electrons. The average molecular weight is 259 g/mol. The number of hydrogen-bond donors (Lipinski definition) is 1. The summed E-state index contributed by atoms with van der Waals surface area (Å²) in [4.78, 5) is 2.54. The molecule has 2 nitrogen and oxygen atoms in total. The number of nitrogens with zero attached hydrogens (tertiary/aromatic N) is 1. The van der Waals surface area contributed by atoms with Gasteiger partial charge in [-0.05, 0) is 31.8 Å². The first-order valence-electron chi connectivity index (χ1n) is 6.41. The van der Waals surface area contributed by atoms with Gasteiger partial charge in [-0.1, -0.05) is 32.4 Å². The highest BCUT2D eigenvalue weighted by atomic mass is 35.5. The lowest BCUT2D eigenvalue weighted by Gasteiger charge is -2.49. The molecule has 1 rings (SSSR count). The van der Waals surface area contributed by atoms with E-state index in [4.69, 9.17) is 11.6 Å². The maximum absolute atomic E-state index is 5.79. The third-order valence-corrected chi connectivity index (χ3v) is 4.08.